The summed E-state index contributed by atoms with van der Waals surface area (Å²) >= 11 is 0. The van der Waals surface area contributed by atoms with Crippen LogP contribution in [0.5, 0.6) is 0 Å². The molecule has 1 heterocycles. The van der Waals surface area contributed by atoms with Crippen molar-refractivity contribution in [3.63, 3.8) is 0 Å². The Balaban J connectivity index is 1.93. The van der Waals surface area contributed by atoms with Crippen molar-refractivity contribution in [3.8, 4) is 0 Å². The maximum absolute atomic E-state index is 3.53. The number of anilines is 2. The summed E-state index contributed by atoms with van der Waals surface area (Å²) in [6.45, 7) is 6.53. The lowest BCUT2D eigenvalue weighted by atomic mass is 10.1. The van der Waals surface area contributed by atoms with Gasteiger partial charge in [-0.15, -0.1) is 0 Å². The molecule has 0 amide bonds. The first-order valence-corrected chi connectivity index (χ1v) is 7.97. The Kier molecular flexibility index (Phi) is 4.26. The number of nitrogens with one attached hydrogen (secondary N) is 1. The molecule has 21 heavy (non-hydrogen) atoms. The predicted molar refractivity (Wildman–Crippen MR) is 90.2 cm³/mol. The van der Waals surface area contributed by atoms with Gasteiger partial charge in [-0.2, -0.15) is 0 Å². The standard InChI is InChI=1S/C19H24N2/c1-3-12-20-14-17-9-5-7-11-19(17)21-15(2)13-16-8-4-6-10-18(16)21/h4-11,15,20H,3,12-14H2,1-2H3. The molecule has 1 unspecified atom stereocenters. The van der Waals surface area contributed by atoms with E-state index in [0.717, 1.165) is 19.5 Å². The molecule has 2 nitrogen and oxygen atoms in total. The molecule has 0 spiro atoms. The number of para-hydroxylation sites is 2. The van der Waals surface area contributed by atoms with E-state index >= 15 is 0 Å². The minimum Gasteiger partial charge on any atom is -0.338 e. The zero-order valence-corrected chi connectivity index (χ0v) is 13.0. The summed E-state index contributed by atoms with van der Waals surface area (Å²) in [5.74, 6) is 0. The smallest absolute Gasteiger partial charge is 0.0459 e. The van der Waals surface area contributed by atoms with Gasteiger partial charge in [0, 0.05) is 24.0 Å². The van der Waals surface area contributed by atoms with Crippen molar-refractivity contribution >= 4 is 11.4 Å². The molecule has 2 heteroatoms. The third-order valence-corrected chi connectivity index (χ3v) is 4.20. The van der Waals surface area contributed by atoms with Crippen molar-refractivity contribution in [3.05, 3.63) is 59.7 Å². The second kappa shape index (κ2) is 6.31. The molecule has 0 aromatic heterocycles. The van der Waals surface area contributed by atoms with Gasteiger partial charge in [-0.1, -0.05) is 43.3 Å². The number of fused-ring (bicyclic) bond motifs is 1. The second-order valence-electron chi connectivity index (χ2n) is 5.86. The Morgan fingerprint density at radius 2 is 1.76 bits per heavy atom. The number of nitrogens with zero attached hydrogens (tertiary/aromatic N) is 1. The average Bonchev–Trinajstić information content (AvgIpc) is 2.84. The highest BCUT2D eigenvalue weighted by Gasteiger charge is 2.27. The molecule has 1 N–H and O–H groups in total. The molecule has 0 saturated heterocycles. The molecule has 1 aliphatic rings. The number of benzene rings is 2. The van der Waals surface area contributed by atoms with Crippen molar-refractivity contribution in [2.45, 2.75) is 39.3 Å². The zero-order chi connectivity index (χ0) is 14.7. The highest BCUT2D eigenvalue weighted by Crippen LogP contribution is 2.39. The minimum absolute atomic E-state index is 0.523. The van der Waals surface area contributed by atoms with E-state index in [1.807, 2.05) is 0 Å². The topological polar surface area (TPSA) is 15.3 Å². The van der Waals surface area contributed by atoms with E-state index in [-0.39, 0.29) is 0 Å². The summed E-state index contributed by atoms with van der Waals surface area (Å²) in [6.07, 6.45) is 2.30. The van der Waals surface area contributed by atoms with Crippen LogP contribution in [0.1, 0.15) is 31.4 Å². The molecule has 1 aliphatic heterocycles. The predicted octanol–water partition coefficient (Wildman–Crippen LogP) is 4.27. The van der Waals surface area contributed by atoms with Crippen LogP contribution in [-0.4, -0.2) is 12.6 Å². The second-order valence-corrected chi connectivity index (χ2v) is 5.86. The minimum atomic E-state index is 0.523. The van der Waals surface area contributed by atoms with E-state index < -0.39 is 0 Å². The van der Waals surface area contributed by atoms with E-state index in [1.165, 1.54) is 28.9 Å². The Morgan fingerprint density at radius 3 is 2.57 bits per heavy atom. The SMILES string of the molecule is CCCNCc1ccccc1N1c2ccccc2CC1C. The Hall–Kier alpha value is -1.80. The number of rotatable bonds is 5. The van der Waals surface area contributed by atoms with Gasteiger partial charge < -0.3 is 10.2 Å². The van der Waals surface area contributed by atoms with Crippen LogP contribution in [0.2, 0.25) is 0 Å². The molecule has 2 aromatic rings. The third kappa shape index (κ3) is 2.81. The van der Waals surface area contributed by atoms with E-state index in [1.54, 1.807) is 0 Å². The lowest BCUT2D eigenvalue weighted by molar-refractivity contribution is 0.671. The first-order chi connectivity index (χ1) is 10.3. The monoisotopic (exact) mass is 280 g/mol. The normalized spacial score (nSPS) is 17.0. The van der Waals surface area contributed by atoms with Gasteiger partial charge >= 0.3 is 0 Å². The quantitative estimate of drug-likeness (QED) is 0.823. The summed E-state index contributed by atoms with van der Waals surface area (Å²) < 4.78 is 0. The molecular weight excluding hydrogens is 256 g/mol. The van der Waals surface area contributed by atoms with Crippen molar-refractivity contribution in [2.75, 3.05) is 11.4 Å². The maximum Gasteiger partial charge on any atom is 0.0459 e. The van der Waals surface area contributed by atoms with Crippen molar-refractivity contribution in [2.24, 2.45) is 0 Å². The molecule has 2 aromatic carbocycles. The molecule has 3 rings (SSSR count). The van der Waals surface area contributed by atoms with Gasteiger partial charge in [0.15, 0.2) is 0 Å². The summed E-state index contributed by atoms with van der Waals surface area (Å²) in [5.41, 5.74) is 5.56. The van der Waals surface area contributed by atoms with E-state index in [0.29, 0.717) is 6.04 Å². The third-order valence-electron chi connectivity index (χ3n) is 4.20. The fourth-order valence-electron chi connectivity index (χ4n) is 3.23. The number of hydrogen-bond donors (Lipinski definition) is 1. The lowest BCUT2D eigenvalue weighted by Crippen LogP contribution is -2.26. The first kappa shape index (κ1) is 14.2. The van der Waals surface area contributed by atoms with Gasteiger partial charge in [0.05, 0.1) is 0 Å². The van der Waals surface area contributed by atoms with E-state index in [9.17, 15) is 0 Å². The Morgan fingerprint density at radius 1 is 1.05 bits per heavy atom. The molecule has 0 radical (unpaired) electrons. The van der Waals surface area contributed by atoms with E-state index in [2.05, 4.69) is 72.6 Å². The van der Waals surface area contributed by atoms with Crippen LogP contribution in [0.3, 0.4) is 0 Å². The molecule has 110 valence electrons. The average molecular weight is 280 g/mol. The highest BCUT2D eigenvalue weighted by atomic mass is 15.2. The van der Waals surface area contributed by atoms with Crippen molar-refractivity contribution < 1.29 is 0 Å². The van der Waals surface area contributed by atoms with Gasteiger partial charge in [-0.25, -0.2) is 0 Å². The van der Waals surface area contributed by atoms with Gasteiger partial charge in [-0.3, -0.25) is 0 Å². The van der Waals surface area contributed by atoms with Crippen molar-refractivity contribution in [1.82, 2.24) is 5.32 Å². The fraction of sp³-hybridized carbons (Fsp3) is 0.368. The van der Waals surface area contributed by atoms with Crippen molar-refractivity contribution in [1.29, 1.82) is 0 Å². The molecule has 0 bridgehead atoms. The summed E-state index contributed by atoms with van der Waals surface area (Å²) in [7, 11) is 0. The Labute approximate surface area is 127 Å². The van der Waals surface area contributed by atoms with E-state index in [4.69, 9.17) is 0 Å². The van der Waals surface area contributed by atoms with Crippen LogP contribution in [0.15, 0.2) is 48.5 Å². The zero-order valence-electron chi connectivity index (χ0n) is 13.0. The van der Waals surface area contributed by atoms with Gasteiger partial charge in [0.2, 0.25) is 0 Å². The number of hydrogen-bond acceptors (Lipinski definition) is 2. The van der Waals surface area contributed by atoms with Gasteiger partial charge in [-0.05, 0) is 49.6 Å². The first-order valence-electron chi connectivity index (χ1n) is 7.97. The maximum atomic E-state index is 3.53. The fourth-order valence-corrected chi connectivity index (χ4v) is 3.23. The van der Waals surface area contributed by atoms with Crippen LogP contribution >= 0.6 is 0 Å². The van der Waals surface area contributed by atoms with Crippen LogP contribution in [-0.2, 0) is 13.0 Å². The van der Waals surface area contributed by atoms with Crippen LogP contribution in [0.4, 0.5) is 11.4 Å². The molecule has 0 fully saturated rings. The summed E-state index contributed by atoms with van der Waals surface area (Å²) in [4.78, 5) is 2.50. The van der Waals surface area contributed by atoms with Crippen LogP contribution in [0, 0.1) is 0 Å². The largest absolute Gasteiger partial charge is 0.338 e. The Bertz CT molecular complexity index is 606. The van der Waals surface area contributed by atoms with Crippen LogP contribution < -0.4 is 10.2 Å². The summed E-state index contributed by atoms with van der Waals surface area (Å²) in [5, 5.41) is 3.53. The molecule has 0 aliphatic carbocycles. The summed E-state index contributed by atoms with van der Waals surface area (Å²) in [6, 6.07) is 18.1. The molecule has 1 atom stereocenters. The van der Waals surface area contributed by atoms with Gasteiger partial charge in [0.1, 0.15) is 0 Å². The van der Waals surface area contributed by atoms with Gasteiger partial charge in [0.25, 0.3) is 0 Å². The lowest BCUT2D eigenvalue weighted by Gasteiger charge is -2.27. The highest BCUT2D eigenvalue weighted by molar-refractivity contribution is 5.73. The molecular formula is C19H24N2. The molecule has 0 saturated carbocycles. The van der Waals surface area contributed by atoms with Crippen LogP contribution in [0.25, 0.3) is 0 Å².